The van der Waals surface area contributed by atoms with E-state index >= 15 is 0 Å². The van der Waals surface area contributed by atoms with Gasteiger partial charge in [-0.05, 0) is 24.1 Å². The summed E-state index contributed by atoms with van der Waals surface area (Å²) in [5.74, 6) is 0.650. The van der Waals surface area contributed by atoms with Crippen LogP contribution in [0.3, 0.4) is 0 Å². The van der Waals surface area contributed by atoms with Crippen molar-refractivity contribution in [3.05, 3.63) is 29.8 Å². The normalized spacial score (nSPS) is 21.1. The molecule has 1 saturated heterocycles. The molecule has 1 heterocycles. The van der Waals surface area contributed by atoms with Crippen LogP contribution in [-0.4, -0.2) is 45.4 Å². The van der Waals surface area contributed by atoms with E-state index in [0.29, 0.717) is 18.1 Å². The van der Waals surface area contributed by atoms with Crippen molar-refractivity contribution < 1.29 is 13.2 Å². The minimum absolute atomic E-state index is 0.205. The summed E-state index contributed by atoms with van der Waals surface area (Å²) in [6.45, 7) is 2.34. The SMILES string of the molecule is COCCNCc1cccc(SC2CCS(=O)(=O)C2)c1. The zero-order valence-electron chi connectivity index (χ0n) is 11.7. The molecule has 6 heteroatoms. The summed E-state index contributed by atoms with van der Waals surface area (Å²) in [5, 5.41) is 3.51. The molecule has 0 aliphatic carbocycles. The Morgan fingerprint density at radius 1 is 1.45 bits per heavy atom. The van der Waals surface area contributed by atoms with E-state index in [-0.39, 0.29) is 5.25 Å². The lowest BCUT2D eigenvalue weighted by atomic mass is 10.2. The van der Waals surface area contributed by atoms with Crippen LogP contribution in [0.15, 0.2) is 29.2 Å². The van der Waals surface area contributed by atoms with Gasteiger partial charge in [-0.15, -0.1) is 11.8 Å². The van der Waals surface area contributed by atoms with Crippen LogP contribution in [0.5, 0.6) is 0 Å². The van der Waals surface area contributed by atoms with Gasteiger partial charge in [-0.25, -0.2) is 8.42 Å². The van der Waals surface area contributed by atoms with Gasteiger partial charge in [-0.2, -0.15) is 0 Å². The Morgan fingerprint density at radius 2 is 2.30 bits per heavy atom. The first-order chi connectivity index (χ1) is 9.59. The molecular formula is C14H21NO3S2. The zero-order valence-corrected chi connectivity index (χ0v) is 13.3. The molecule has 0 saturated carbocycles. The van der Waals surface area contributed by atoms with Crippen molar-refractivity contribution in [1.82, 2.24) is 5.32 Å². The fraction of sp³-hybridized carbons (Fsp3) is 0.571. The predicted octanol–water partition coefficient (Wildman–Crippen LogP) is 1.70. The Balaban J connectivity index is 1.86. The molecule has 0 bridgehead atoms. The first-order valence-electron chi connectivity index (χ1n) is 6.75. The van der Waals surface area contributed by atoms with Gasteiger partial charge in [0, 0.05) is 30.3 Å². The second-order valence-corrected chi connectivity index (χ2v) is 8.56. The molecule has 0 amide bonds. The Labute approximate surface area is 125 Å². The number of sulfone groups is 1. The maximum atomic E-state index is 11.5. The van der Waals surface area contributed by atoms with Gasteiger partial charge in [0.2, 0.25) is 0 Å². The summed E-state index contributed by atoms with van der Waals surface area (Å²) in [4.78, 5) is 1.15. The van der Waals surface area contributed by atoms with Gasteiger partial charge >= 0.3 is 0 Å². The summed E-state index contributed by atoms with van der Waals surface area (Å²) in [7, 11) is -1.10. The molecule has 0 spiro atoms. The number of hydrogen-bond acceptors (Lipinski definition) is 5. The van der Waals surface area contributed by atoms with Crippen LogP contribution < -0.4 is 5.32 Å². The van der Waals surface area contributed by atoms with E-state index in [4.69, 9.17) is 4.74 Å². The van der Waals surface area contributed by atoms with E-state index in [1.807, 2.05) is 12.1 Å². The lowest BCUT2D eigenvalue weighted by molar-refractivity contribution is 0.199. The third kappa shape index (κ3) is 5.09. The molecule has 1 aromatic rings. The third-order valence-electron chi connectivity index (χ3n) is 3.20. The van der Waals surface area contributed by atoms with Crippen molar-refractivity contribution in [1.29, 1.82) is 0 Å². The first-order valence-corrected chi connectivity index (χ1v) is 9.45. The molecule has 0 radical (unpaired) electrons. The maximum absolute atomic E-state index is 11.5. The van der Waals surface area contributed by atoms with Crippen molar-refractivity contribution >= 4 is 21.6 Å². The number of thioether (sulfide) groups is 1. The maximum Gasteiger partial charge on any atom is 0.151 e. The van der Waals surface area contributed by atoms with E-state index in [1.165, 1.54) is 5.56 Å². The molecule has 1 N–H and O–H groups in total. The lowest BCUT2D eigenvalue weighted by Gasteiger charge is -2.09. The topological polar surface area (TPSA) is 55.4 Å². The summed E-state index contributed by atoms with van der Waals surface area (Å²) in [6.07, 6.45) is 0.767. The molecule has 4 nitrogen and oxygen atoms in total. The standard InChI is InChI=1S/C14H21NO3S2/c1-18-7-6-15-10-12-3-2-4-13(9-12)19-14-5-8-20(16,17)11-14/h2-4,9,14-15H,5-8,10-11H2,1H3. The fourth-order valence-corrected chi connectivity index (χ4v) is 5.77. The molecule has 2 rings (SSSR count). The Morgan fingerprint density at radius 3 is 3.00 bits per heavy atom. The number of nitrogens with one attached hydrogen (secondary N) is 1. The summed E-state index contributed by atoms with van der Waals surface area (Å²) < 4.78 is 27.9. The van der Waals surface area contributed by atoms with E-state index in [0.717, 1.165) is 24.4 Å². The van der Waals surface area contributed by atoms with Gasteiger partial charge in [-0.1, -0.05) is 12.1 Å². The third-order valence-corrected chi connectivity index (χ3v) is 6.44. The van der Waals surface area contributed by atoms with Crippen molar-refractivity contribution in [3.8, 4) is 0 Å². The molecule has 1 atom stereocenters. The minimum Gasteiger partial charge on any atom is -0.383 e. The lowest BCUT2D eigenvalue weighted by Crippen LogP contribution is -2.18. The monoisotopic (exact) mass is 315 g/mol. The average Bonchev–Trinajstić information content (AvgIpc) is 2.74. The van der Waals surface area contributed by atoms with Crippen LogP contribution in [0.1, 0.15) is 12.0 Å². The van der Waals surface area contributed by atoms with Gasteiger partial charge in [0.15, 0.2) is 9.84 Å². The molecule has 0 aromatic heterocycles. The number of ether oxygens (including phenoxy) is 1. The highest BCUT2D eigenvalue weighted by Crippen LogP contribution is 2.31. The van der Waals surface area contributed by atoms with E-state index < -0.39 is 9.84 Å². The number of rotatable bonds is 7. The Kier molecular flexibility index (Phi) is 5.89. The van der Waals surface area contributed by atoms with Crippen LogP contribution >= 0.6 is 11.8 Å². The molecule has 1 aliphatic heterocycles. The Hall–Kier alpha value is -0.560. The molecule has 1 unspecified atom stereocenters. The number of benzene rings is 1. The summed E-state index contributed by atoms with van der Waals surface area (Å²) in [5.41, 5.74) is 1.21. The van der Waals surface area contributed by atoms with Gasteiger partial charge in [0.1, 0.15) is 0 Å². The van der Waals surface area contributed by atoms with E-state index in [9.17, 15) is 8.42 Å². The van der Waals surface area contributed by atoms with Crippen molar-refractivity contribution in [2.45, 2.75) is 23.1 Å². The largest absolute Gasteiger partial charge is 0.383 e. The molecule has 1 fully saturated rings. The highest BCUT2D eigenvalue weighted by molar-refractivity contribution is 8.01. The highest BCUT2D eigenvalue weighted by atomic mass is 32.2. The molecular weight excluding hydrogens is 294 g/mol. The van der Waals surface area contributed by atoms with Crippen molar-refractivity contribution in [3.63, 3.8) is 0 Å². The van der Waals surface area contributed by atoms with Gasteiger partial charge in [0.25, 0.3) is 0 Å². The zero-order chi connectivity index (χ0) is 14.4. The minimum atomic E-state index is -2.79. The van der Waals surface area contributed by atoms with Crippen LogP contribution in [-0.2, 0) is 21.1 Å². The van der Waals surface area contributed by atoms with Crippen molar-refractivity contribution in [2.75, 3.05) is 31.8 Å². The molecule has 1 aliphatic rings. The quantitative estimate of drug-likeness (QED) is 0.776. The van der Waals surface area contributed by atoms with E-state index in [2.05, 4.69) is 17.4 Å². The summed E-state index contributed by atoms with van der Waals surface area (Å²) >= 11 is 1.68. The van der Waals surface area contributed by atoms with Crippen molar-refractivity contribution in [2.24, 2.45) is 0 Å². The van der Waals surface area contributed by atoms with Crippen LogP contribution in [0.2, 0.25) is 0 Å². The number of hydrogen-bond donors (Lipinski definition) is 1. The molecule has 1 aromatic carbocycles. The van der Waals surface area contributed by atoms with Crippen LogP contribution in [0, 0.1) is 0 Å². The predicted molar refractivity (Wildman–Crippen MR) is 82.9 cm³/mol. The van der Waals surface area contributed by atoms with E-state index in [1.54, 1.807) is 18.9 Å². The van der Waals surface area contributed by atoms with Gasteiger partial charge < -0.3 is 10.1 Å². The second kappa shape index (κ2) is 7.45. The molecule has 112 valence electrons. The van der Waals surface area contributed by atoms with Gasteiger partial charge in [-0.3, -0.25) is 0 Å². The smallest absolute Gasteiger partial charge is 0.151 e. The van der Waals surface area contributed by atoms with Gasteiger partial charge in [0.05, 0.1) is 18.1 Å². The fourth-order valence-electron chi connectivity index (χ4n) is 2.18. The average molecular weight is 315 g/mol. The van der Waals surface area contributed by atoms with Crippen LogP contribution in [0.4, 0.5) is 0 Å². The second-order valence-electron chi connectivity index (χ2n) is 4.96. The summed E-state index contributed by atoms with van der Waals surface area (Å²) in [6, 6.07) is 8.29. The highest BCUT2D eigenvalue weighted by Gasteiger charge is 2.28. The first kappa shape index (κ1) is 15.8. The molecule has 20 heavy (non-hydrogen) atoms. The van der Waals surface area contributed by atoms with Crippen LogP contribution in [0.25, 0.3) is 0 Å². The Bertz CT molecular complexity index is 531. The number of methoxy groups -OCH3 is 1.